The Morgan fingerprint density at radius 3 is 2.88 bits per heavy atom. The molecule has 2 aromatic rings. The van der Waals surface area contributed by atoms with Crippen LogP contribution >= 0.6 is 27.3 Å². The SMILES string of the molecule is Brc1cccc(CCNCc2cccs2)c1. The average Bonchev–Trinajstić information content (AvgIpc) is 2.77. The molecule has 1 aromatic heterocycles. The molecule has 1 nitrogen and oxygen atoms in total. The van der Waals surface area contributed by atoms with Crippen LogP contribution in [0.4, 0.5) is 0 Å². The largest absolute Gasteiger partial charge is 0.312 e. The minimum atomic E-state index is 0.978. The summed E-state index contributed by atoms with van der Waals surface area (Å²) in [5.41, 5.74) is 1.37. The minimum Gasteiger partial charge on any atom is -0.312 e. The summed E-state index contributed by atoms with van der Waals surface area (Å²) in [4.78, 5) is 1.40. The van der Waals surface area contributed by atoms with Gasteiger partial charge in [0.05, 0.1) is 0 Å². The highest BCUT2D eigenvalue weighted by molar-refractivity contribution is 9.10. The molecule has 1 heterocycles. The molecule has 0 bridgehead atoms. The molecule has 0 aliphatic heterocycles. The van der Waals surface area contributed by atoms with E-state index in [0.29, 0.717) is 0 Å². The Hall–Kier alpha value is -0.640. The lowest BCUT2D eigenvalue weighted by atomic mass is 10.1. The maximum Gasteiger partial charge on any atom is 0.0299 e. The highest BCUT2D eigenvalue weighted by Gasteiger charge is 1.95. The van der Waals surface area contributed by atoms with Gasteiger partial charge >= 0.3 is 0 Å². The van der Waals surface area contributed by atoms with Crippen molar-refractivity contribution in [1.82, 2.24) is 5.32 Å². The molecule has 1 aromatic carbocycles. The zero-order valence-corrected chi connectivity index (χ0v) is 11.4. The van der Waals surface area contributed by atoms with Crippen LogP contribution in [0.25, 0.3) is 0 Å². The molecule has 1 N–H and O–H groups in total. The summed E-state index contributed by atoms with van der Waals surface area (Å²) < 4.78 is 1.16. The normalized spacial score (nSPS) is 10.6. The Labute approximate surface area is 109 Å². The molecule has 0 aliphatic rings. The molecule has 0 saturated carbocycles. The number of rotatable bonds is 5. The van der Waals surface area contributed by atoms with Crippen molar-refractivity contribution >= 4 is 27.3 Å². The second kappa shape index (κ2) is 6.18. The van der Waals surface area contributed by atoms with E-state index < -0.39 is 0 Å². The molecule has 0 spiro atoms. The van der Waals surface area contributed by atoms with Crippen molar-refractivity contribution in [2.75, 3.05) is 6.54 Å². The van der Waals surface area contributed by atoms with Crippen LogP contribution in [0.15, 0.2) is 46.3 Å². The van der Waals surface area contributed by atoms with E-state index in [2.05, 4.69) is 63.0 Å². The predicted molar refractivity (Wildman–Crippen MR) is 73.9 cm³/mol. The lowest BCUT2D eigenvalue weighted by Gasteiger charge is -2.03. The molecular formula is C13H14BrNS. The average molecular weight is 296 g/mol. The van der Waals surface area contributed by atoms with Crippen LogP contribution < -0.4 is 5.32 Å². The van der Waals surface area contributed by atoms with Gasteiger partial charge in [-0.1, -0.05) is 34.1 Å². The molecule has 0 unspecified atom stereocenters. The van der Waals surface area contributed by atoms with Crippen LogP contribution in [0.3, 0.4) is 0 Å². The van der Waals surface area contributed by atoms with E-state index in [1.807, 2.05) is 0 Å². The Bertz CT molecular complexity index is 425. The highest BCUT2D eigenvalue weighted by atomic mass is 79.9. The first-order chi connectivity index (χ1) is 7.84. The number of thiophene rings is 1. The molecule has 0 aliphatic carbocycles. The Morgan fingerprint density at radius 1 is 1.19 bits per heavy atom. The number of nitrogens with one attached hydrogen (secondary N) is 1. The van der Waals surface area contributed by atoms with Gasteiger partial charge in [0.2, 0.25) is 0 Å². The minimum absolute atomic E-state index is 0.978. The van der Waals surface area contributed by atoms with Crippen LogP contribution in [0.2, 0.25) is 0 Å². The van der Waals surface area contributed by atoms with Crippen molar-refractivity contribution in [2.45, 2.75) is 13.0 Å². The zero-order valence-electron chi connectivity index (χ0n) is 8.95. The number of hydrogen-bond donors (Lipinski definition) is 1. The zero-order chi connectivity index (χ0) is 11.2. The van der Waals surface area contributed by atoms with Crippen LogP contribution in [0.5, 0.6) is 0 Å². The van der Waals surface area contributed by atoms with E-state index in [1.54, 1.807) is 11.3 Å². The molecule has 0 atom stereocenters. The molecular weight excluding hydrogens is 282 g/mol. The van der Waals surface area contributed by atoms with E-state index in [4.69, 9.17) is 0 Å². The van der Waals surface area contributed by atoms with Gasteiger partial charge in [0.1, 0.15) is 0 Å². The summed E-state index contributed by atoms with van der Waals surface area (Å²) in [6.07, 6.45) is 1.07. The van der Waals surface area contributed by atoms with E-state index in [-0.39, 0.29) is 0 Å². The van der Waals surface area contributed by atoms with E-state index >= 15 is 0 Å². The summed E-state index contributed by atoms with van der Waals surface area (Å²) in [6.45, 7) is 2.00. The van der Waals surface area contributed by atoms with Crippen LogP contribution in [-0.2, 0) is 13.0 Å². The predicted octanol–water partition coefficient (Wildman–Crippen LogP) is 3.84. The molecule has 84 valence electrons. The van der Waals surface area contributed by atoms with Gasteiger partial charge in [-0.3, -0.25) is 0 Å². The summed E-state index contributed by atoms with van der Waals surface area (Å²) in [5.74, 6) is 0. The van der Waals surface area contributed by atoms with Gasteiger partial charge in [-0.15, -0.1) is 11.3 Å². The number of halogens is 1. The van der Waals surface area contributed by atoms with Gasteiger partial charge in [0, 0.05) is 15.9 Å². The van der Waals surface area contributed by atoms with E-state index in [1.165, 1.54) is 10.4 Å². The second-order valence-electron chi connectivity index (χ2n) is 3.64. The fraction of sp³-hybridized carbons (Fsp3) is 0.231. The third kappa shape index (κ3) is 3.74. The lowest BCUT2D eigenvalue weighted by molar-refractivity contribution is 0.693. The maximum absolute atomic E-state index is 3.48. The Balaban J connectivity index is 1.72. The quantitative estimate of drug-likeness (QED) is 0.827. The third-order valence-electron chi connectivity index (χ3n) is 2.36. The first-order valence-electron chi connectivity index (χ1n) is 5.32. The summed E-state index contributed by atoms with van der Waals surface area (Å²) >= 11 is 5.29. The third-order valence-corrected chi connectivity index (χ3v) is 3.73. The van der Waals surface area contributed by atoms with Crippen LogP contribution in [0.1, 0.15) is 10.4 Å². The molecule has 3 heteroatoms. The second-order valence-corrected chi connectivity index (χ2v) is 5.58. The molecule has 0 saturated heterocycles. The first-order valence-corrected chi connectivity index (χ1v) is 6.99. The van der Waals surface area contributed by atoms with Gasteiger partial charge in [0.25, 0.3) is 0 Å². The summed E-state index contributed by atoms with van der Waals surface area (Å²) in [5, 5.41) is 5.57. The van der Waals surface area contributed by atoms with Gasteiger partial charge in [-0.25, -0.2) is 0 Å². The molecule has 0 fully saturated rings. The summed E-state index contributed by atoms with van der Waals surface area (Å²) in [7, 11) is 0. The van der Waals surface area contributed by atoms with Crippen molar-refractivity contribution in [3.05, 3.63) is 56.7 Å². The monoisotopic (exact) mass is 295 g/mol. The van der Waals surface area contributed by atoms with Crippen molar-refractivity contribution in [3.63, 3.8) is 0 Å². The van der Waals surface area contributed by atoms with Gasteiger partial charge in [-0.2, -0.15) is 0 Å². The van der Waals surface area contributed by atoms with Crippen LogP contribution in [-0.4, -0.2) is 6.54 Å². The van der Waals surface area contributed by atoms with Crippen molar-refractivity contribution in [2.24, 2.45) is 0 Å². The molecule has 0 amide bonds. The van der Waals surface area contributed by atoms with Crippen molar-refractivity contribution < 1.29 is 0 Å². The van der Waals surface area contributed by atoms with Crippen LogP contribution in [0, 0.1) is 0 Å². The first kappa shape index (κ1) is 11.8. The topological polar surface area (TPSA) is 12.0 Å². The van der Waals surface area contributed by atoms with Crippen molar-refractivity contribution in [1.29, 1.82) is 0 Å². The molecule has 0 radical (unpaired) electrons. The lowest BCUT2D eigenvalue weighted by Crippen LogP contribution is -2.15. The molecule has 2 rings (SSSR count). The van der Waals surface area contributed by atoms with E-state index in [0.717, 1.165) is 24.0 Å². The standard InChI is InChI=1S/C13H14BrNS/c14-12-4-1-3-11(9-12)6-7-15-10-13-5-2-8-16-13/h1-5,8-9,15H,6-7,10H2. The van der Waals surface area contributed by atoms with Gasteiger partial charge in [0.15, 0.2) is 0 Å². The maximum atomic E-state index is 3.48. The number of benzene rings is 1. The summed E-state index contributed by atoms with van der Waals surface area (Å²) in [6, 6.07) is 12.7. The Morgan fingerprint density at radius 2 is 2.12 bits per heavy atom. The van der Waals surface area contributed by atoms with Gasteiger partial charge in [-0.05, 0) is 42.1 Å². The highest BCUT2D eigenvalue weighted by Crippen LogP contribution is 2.12. The smallest absolute Gasteiger partial charge is 0.0299 e. The van der Waals surface area contributed by atoms with Crippen molar-refractivity contribution in [3.8, 4) is 0 Å². The van der Waals surface area contributed by atoms with Gasteiger partial charge < -0.3 is 5.32 Å². The number of hydrogen-bond acceptors (Lipinski definition) is 2. The fourth-order valence-corrected chi connectivity index (χ4v) is 2.67. The van der Waals surface area contributed by atoms with E-state index in [9.17, 15) is 0 Å². The molecule has 16 heavy (non-hydrogen) atoms. The Kier molecular flexibility index (Phi) is 4.57. The fourth-order valence-electron chi connectivity index (χ4n) is 1.55.